The van der Waals surface area contributed by atoms with Gasteiger partial charge in [-0.05, 0) is 24.6 Å². The molecule has 2 aromatic rings. The molecule has 0 N–H and O–H groups in total. The molecule has 22 heavy (non-hydrogen) atoms. The van der Waals surface area contributed by atoms with Crippen LogP contribution in [0, 0.1) is 6.92 Å². The predicted octanol–water partition coefficient (Wildman–Crippen LogP) is 2.18. The highest BCUT2D eigenvalue weighted by Gasteiger charge is 2.21. The third-order valence-electron chi connectivity index (χ3n) is 4.03. The second-order valence-corrected chi connectivity index (χ2v) is 5.91. The summed E-state index contributed by atoms with van der Waals surface area (Å²) in [6.45, 7) is 6.09. The van der Waals surface area contributed by atoms with E-state index >= 15 is 0 Å². The van der Waals surface area contributed by atoms with Gasteiger partial charge in [0.15, 0.2) is 11.6 Å². The second-order valence-electron chi connectivity index (χ2n) is 5.91. The molecule has 1 aromatic heterocycles. The Balaban J connectivity index is 1.72. The zero-order chi connectivity index (χ0) is 15.5. The largest absolute Gasteiger partial charge is 0.368 e. The van der Waals surface area contributed by atoms with E-state index in [0.29, 0.717) is 0 Å². The minimum absolute atomic E-state index is 0.937. The van der Waals surface area contributed by atoms with E-state index in [0.717, 1.165) is 37.8 Å². The van der Waals surface area contributed by atoms with Gasteiger partial charge in [-0.2, -0.15) is 0 Å². The van der Waals surface area contributed by atoms with E-state index in [-0.39, 0.29) is 0 Å². The summed E-state index contributed by atoms with van der Waals surface area (Å²) in [5.74, 6) is 1.92. The topological polar surface area (TPSA) is 35.5 Å². The van der Waals surface area contributed by atoms with Crippen molar-refractivity contribution < 1.29 is 0 Å². The van der Waals surface area contributed by atoms with E-state index in [1.807, 2.05) is 19.0 Å². The highest BCUT2D eigenvalue weighted by Crippen LogP contribution is 2.25. The summed E-state index contributed by atoms with van der Waals surface area (Å²) in [5, 5.41) is 0. The molecule has 0 aliphatic carbocycles. The van der Waals surface area contributed by atoms with Crippen LogP contribution in [0.1, 0.15) is 5.56 Å². The minimum Gasteiger partial charge on any atom is -0.368 e. The van der Waals surface area contributed by atoms with Crippen molar-refractivity contribution in [3.63, 3.8) is 0 Å². The molecule has 0 unspecified atom stereocenters. The summed E-state index contributed by atoms with van der Waals surface area (Å²) in [4.78, 5) is 15.8. The zero-order valence-electron chi connectivity index (χ0n) is 13.5. The number of anilines is 3. The molecule has 5 heteroatoms. The number of nitrogens with zero attached hydrogens (tertiary/aromatic N) is 5. The number of aryl methyl sites for hydroxylation is 1. The van der Waals surface area contributed by atoms with Crippen LogP contribution >= 0.6 is 0 Å². The quantitative estimate of drug-likeness (QED) is 0.868. The normalized spacial score (nSPS) is 15.0. The Morgan fingerprint density at radius 3 is 2.32 bits per heavy atom. The highest BCUT2D eigenvalue weighted by atomic mass is 15.3. The standard InChI is InChI=1S/C17H23N5/c1-14-5-4-6-15(13-14)21-9-11-22(12-10-21)17-16(20(2)3)18-7-8-19-17/h4-8,13H,9-12H2,1-3H3. The van der Waals surface area contributed by atoms with Gasteiger partial charge in [0.2, 0.25) is 0 Å². The van der Waals surface area contributed by atoms with E-state index in [4.69, 9.17) is 0 Å². The molecule has 2 heterocycles. The molecule has 3 rings (SSSR count). The van der Waals surface area contributed by atoms with Gasteiger partial charge in [-0.25, -0.2) is 9.97 Å². The Hall–Kier alpha value is -2.30. The third kappa shape index (κ3) is 2.98. The average molecular weight is 297 g/mol. The van der Waals surface area contributed by atoms with E-state index < -0.39 is 0 Å². The predicted molar refractivity (Wildman–Crippen MR) is 92.0 cm³/mol. The first-order valence-electron chi connectivity index (χ1n) is 7.70. The lowest BCUT2D eigenvalue weighted by atomic mass is 10.2. The SMILES string of the molecule is Cc1cccc(N2CCN(c3nccnc3N(C)C)CC2)c1. The number of aromatic nitrogens is 2. The summed E-state index contributed by atoms with van der Waals surface area (Å²) in [7, 11) is 4.02. The van der Waals surface area contributed by atoms with Crippen molar-refractivity contribution >= 4 is 17.3 Å². The molecule has 0 atom stereocenters. The molecule has 0 radical (unpaired) electrons. The summed E-state index contributed by atoms with van der Waals surface area (Å²) in [6, 6.07) is 8.71. The number of hydrogen-bond acceptors (Lipinski definition) is 5. The Morgan fingerprint density at radius 2 is 1.64 bits per heavy atom. The van der Waals surface area contributed by atoms with Crippen LogP contribution in [0.2, 0.25) is 0 Å². The first-order valence-corrected chi connectivity index (χ1v) is 7.70. The van der Waals surface area contributed by atoms with Gasteiger partial charge in [0, 0.05) is 58.4 Å². The van der Waals surface area contributed by atoms with Gasteiger partial charge in [0.1, 0.15) is 0 Å². The highest BCUT2D eigenvalue weighted by molar-refractivity contribution is 5.62. The molecule has 0 saturated carbocycles. The number of hydrogen-bond donors (Lipinski definition) is 0. The molecular formula is C17H23N5. The van der Waals surface area contributed by atoms with Gasteiger partial charge < -0.3 is 14.7 Å². The van der Waals surface area contributed by atoms with E-state index in [2.05, 4.69) is 51.0 Å². The first-order chi connectivity index (χ1) is 10.6. The number of piperazine rings is 1. The second kappa shape index (κ2) is 6.22. The molecule has 1 fully saturated rings. The lowest BCUT2D eigenvalue weighted by Crippen LogP contribution is -2.47. The summed E-state index contributed by atoms with van der Waals surface area (Å²) < 4.78 is 0. The van der Waals surface area contributed by atoms with Gasteiger partial charge in [-0.1, -0.05) is 12.1 Å². The summed E-state index contributed by atoms with van der Waals surface area (Å²) in [6.07, 6.45) is 3.52. The first kappa shape index (κ1) is 14.6. The molecule has 0 bridgehead atoms. The fourth-order valence-corrected chi connectivity index (χ4v) is 2.86. The van der Waals surface area contributed by atoms with Crippen molar-refractivity contribution in [2.24, 2.45) is 0 Å². The van der Waals surface area contributed by atoms with Crippen molar-refractivity contribution in [2.75, 3.05) is 55.0 Å². The zero-order valence-corrected chi connectivity index (χ0v) is 13.5. The Bertz CT molecular complexity index is 632. The Morgan fingerprint density at radius 1 is 0.955 bits per heavy atom. The maximum atomic E-state index is 4.54. The van der Waals surface area contributed by atoms with Crippen LogP contribution in [0.4, 0.5) is 17.3 Å². The van der Waals surface area contributed by atoms with Gasteiger partial charge in [-0.15, -0.1) is 0 Å². The fraction of sp³-hybridized carbons (Fsp3) is 0.412. The van der Waals surface area contributed by atoms with E-state index in [1.165, 1.54) is 11.3 Å². The third-order valence-corrected chi connectivity index (χ3v) is 4.03. The van der Waals surface area contributed by atoms with E-state index in [9.17, 15) is 0 Å². The lowest BCUT2D eigenvalue weighted by Gasteiger charge is -2.37. The van der Waals surface area contributed by atoms with Crippen molar-refractivity contribution in [1.29, 1.82) is 0 Å². The molecule has 1 aliphatic heterocycles. The van der Waals surface area contributed by atoms with Crippen LogP contribution < -0.4 is 14.7 Å². The Kier molecular flexibility index (Phi) is 4.13. The molecule has 116 valence electrons. The lowest BCUT2D eigenvalue weighted by molar-refractivity contribution is 0.646. The van der Waals surface area contributed by atoms with Crippen LogP contribution in [0.25, 0.3) is 0 Å². The van der Waals surface area contributed by atoms with Crippen molar-refractivity contribution in [2.45, 2.75) is 6.92 Å². The molecule has 5 nitrogen and oxygen atoms in total. The molecule has 0 amide bonds. The fourth-order valence-electron chi connectivity index (χ4n) is 2.86. The smallest absolute Gasteiger partial charge is 0.172 e. The van der Waals surface area contributed by atoms with E-state index in [1.54, 1.807) is 12.4 Å². The average Bonchev–Trinajstić information content (AvgIpc) is 2.55. The summed E-state index contributed by atoms with van der Waals surface area (Å²) >= 11 is 0. The van der Waals surface area contributed by atoms with Crippen molar-refractivity contribution in [3.05, 3.63) is 42.2 Å². The molecule has 1 aromatic carbocycles. The van der Waals surface area contributed by atoms with Crippen molar-refractivity contribution in [1.82, 2.24) is 9.97 Å². The van der Waals surface area contributed by atoms with Crippen molar-refractivity contribution in [3.8, 4) is 0 Å². The van der Waals surface area contributed by atoms with Crippen LogP contribution in [-0.4, -0.2) is 50.2 Å². The maximum Gasteiger partial charge on any atom is 0.172 e. The van der Waals surface area contributed by atoms with Gasteiger partial charge in [0.05, 0.1) is 0 Å². The maximum absolute atomic E-state index is 4.54. The monoisotopic (exact) mass is 297 g/mol. The Labute approximate surface area is 132 Å². The van der Waals surface area contributed by atoms with Gasteiger partial charge >= 0.3 is 0 Å². The molecule has 0 spiro atoms. The molecule has 1 saturated heterocycles. The van der Waals surface area contributed by atoms with Crippen LogP contribution in [0.15, 0.2) is 36.7 Å². The van der Waals surface area contributed by atoms with Gasteiger partial charge in [0.25, 0.3) is 0 Å². The van der Waals surface area contributed by atoms with Crippen LogP contribution in [0.3, 0.4) is 0 Å². The number of rotatable bonds is 3. The summed E-state index contributed by atoms with van der Waals surface area (Å²) in [5.41, 5.74) is 2.62. The minimum atomic E-state index is 0.937. The van der Waals surface area contributed by atoms with Gasteiger partial charge in [-0.3, -0.25) is 0 Å². The number of benzene rings is 1. The van der Waals surface area contributed by atoms with Crippen LogP contribution in [0.5, 0.6) is 0 Å². The molecular weight excluding hydrogens is 274 g/mol. The molecule has 1 aliphatic rings. The van der Waals surface area contributed by atoms with Crippen LogP contribution in [-0.2, 0) is 0 Å².